The number of aromatic amines is 1. The second-order valence-electron chi connectivity index (χ2n) is 7.23. The number of amides is 2. The minimum atomic E-state index is -0.479. The zero-order valence-corrected chi connectivity index (χ0v) is 16.0. The van der Waals surface area contributed by atoms with E-state index in [1.165, 1.54) is 15.6 Å². The molecule has 1 aliphatic heterocycles. The molecule has 1 fully saturated rings. The minimum Gasteiger partial charge on any atom is -0.327 e. The van der Waals surface area contributed by atoms with Gasteiger partial charge < -0.3 is 9.80 Å². The van der Waals surface area contributed by atoms with E-state index in [4.69, 9.17) is 0 Å². The fourth-order valence-corrected chi connectivity index (χ4v) is 3.62. The summed E-state index contributed by atoms with van der Waals surface area (Å²) in [4.78, 5) is 45.4. The molecule has 1 N–H and O–H groups in total. The molecule has 0 radical (unpaired) electrons. The summed E-state index contributed by atoms with van der Waals surface area (Å²) in [6.45, 7) is 6.44. The van der Waals surface area contributed by atoms with Crippen molar-refractivity contribution < 1.29 is 9.59 Å². The summed E-state index contributed by atoms with van der Waals surface area (Å²) in [5, 5.41) is 2.87. The van der Waals surface area contributed by atoms with Crippen LogP contribution < -0.4 is 10.5 Å². The van der Waals surface area contributed by atoms with E-state index in [2.05, 4.69) is 10.1 Å². The van der Waals surface area contributed by atoms with Crippen molar-refractivity contribution in [2.45, 2.75) is 20.8 Å². The van der Waals surface area contributed by atoms with Crippen LogP contribution in [-0.4, -0.2) is 50.9 Å². The zero-order chi connectivity index (χ0) is 20.0. The van der Waals surface area contributed by atoms with E-state index in [1.54, 1.807) is 17.9 Å². The van der Waals surface area contributed by atoms with Crippen LogP contribution in [0, 0.1) is 20.8 Å². The first-order chi connectivity index (χ1) is 13.3. The van der Waals surface area contributed by atoms with Gasteiger partial charge in [0.25, 0.3) is 11.5 Å². The third-order valence-electron chi connectivity index (χ3n) is 4.88. The maximum absolute atomic E-state index is 12.9. The second kappa shape index (κ2) is 6.63. The van der Waals surface area contributed by atoms with Crippen molar-refractivity contribution in [3.05, 3.63) is 63.2 Å². The van der Waals surface area contributed by atoms with Crippen molar-refractivity contribution in [2.75, 3.05) is 24.5 Å². The Hall–Kier alpha value is -3.42. The molecule has 0 spiro atoms. The van der Waals surface area contributed by atoms with E-state index in [0.29, 0.717) is 18.7 Å². The molecule has 3 aromatic rings. The highest BCUT2D eigenvalue weighted by atomic mass is 16.2. The minimum absolute atomic E-state index is 0.0491. The molecule has 0 saturated carbocycles. The van der Waals surface area contributed by atoms with Crippen LogP contribution in [-0.2, 0) is 4.79 Å². The summed E-state index contributed by atoms with van der Waals surface area (Å²) in [6, 6.07) is 7.69. The van der Waals surface area contributed by atoms with Crippen molar-refractivity contribution in [1.29, 1.82) is 0 Å². The highest BCUT2D eigenvalue weighted by molar-refractivity contribution is 6.01. The average molecular weight is 379 g/mol. The summed E-state index contributed by atoms with van der Waals surface area (Å²) in [5.74, 6) is -0.651. The van der Waals surface area contributed by atoms with Crippen LogP contribution in [0.25, 0.3) is 5.65 Å². The van der Waals surface area contributed by atoms with E-state index < -0.39 is 11.5 Å². The number of nitrogens with zero attached hydrogens (tertiary/aromatic N) is 4. The van der Waals surface area contributed by atoms with Gasteiger partial charge in [-0.05, 0) is 44.0 Å². The van der Waals surface area contributed by atoms with E-state index in [-0.39, 0.29) is 18.0 Å². The van der Waals surface area contributed by atoms with Crippen molar-refractivity contribution in [2.24, 2.45) is 0 Å². The van der Waals surface area contributed by atoms with Gasteiger partial charge in [0.2, 0.25) is 5.91 Å². The normalized spacial score (nSPS) is 14.8. The molecule has 1 aliphatic rings. The number of piperazine rings is 1. The Labute approximate surface area is 161 Å². The van der Waals surface area contributed by atoms with Crippen LogP contribution in [0.5, 0.6) is 0 Å². The van der Waals surface area contributed by atoms with Gasteiger partial charge in [0.15, 0.2) is 5.65 Å². The average Bonchev–Trinajstić information content (AvgIpc) is 3.02. The van der Waals surface area contributed by atoms with Gasteiger partial charge in [-0.25, -0.2) is 9.50 Å². The number of nitrogens with one attached hydrogen (secondary N) is 1. The number of anilines is 1. The van der Waals surface area contributed by atoms with Gasteiger partial charge in [0.05, 0.1) is 0 Å². The van der Waals surface area contributed by atoms with E-state index >= 15 is 0 Å². The maximum Gasteiger partial charge on any atom is 0.285 e. The monoisotopic (exact) mass is 379 g/mol. The Morgan fingerprint density at radius 1 is 1.04 bits per heavy atom. The van der Waals surface area contributed by atoms with Gasteiger partial charge in [0.1, 0.15) is 12.1 Å². The van der Waals surface area contributed by atoms with Gasteiger partial charge in [0, 0.05) is 36.7 Å². The molecule has 28 heavy (non-hydrogen) atoms. The lowest BCUT2D eigenvalue weighted by atomic mass is 10.1. The number of fused-ring (bicyclic) bond motifs is 1. The van der Waals surface area contributed by atoms with Gasteiger partial charge in [-0.3, -0.25) is 19.5 Å². The SMILES string of the molecule is Cc1cc(C)cc(N2CCN(C(=O)c3cnc4cc(C)[nH]n4c3=O)CC2=O)c1. The molecule has 0 atom stereocenters. The van der Waals surface area contributed by atoms with E-state index in [1.807, 2.05) is 32.0 Å². The standard InChI is InChI=1S/C20H21N5O3/c1-12-6-13(2)8-15(7-12)24-5-4-23(11-18(24)26)19(27)16-10-21-17-9-14(3)22-25(17)20(16)28/h6-10,22H,4-5,11H2,1-3H3. The lowest BCUT2D eigenvalue weighted by Crippen LogP contribution is -2.53. The predicted octanol–water partition coefficient (Wildman–Crippen LogP) is 1.44. The molecule has 0 unspecified atom stereocenters. The number of hydrogen-bond donors (Lipinski definition) is 1. The van der Waals surface area contributed by atoms with Crippen LogP contribution in [0.4, 0.5) is 5.69 Å². The summed E-state index contributed by atoms with van der Waals surface area (Å²) >= 11 is 0. The fourth-order valence-electron chi connectivity index (χ4n) is 3.62. The molecular formula is C20H21N5O3. The van der Waals surface area contributed by atoms with Crippen molar-refractivity contribution in [3.8, 4) is 0 Å². The second-order valence-corrected chi connectivity index (χ2v) is 7.23. The highest BCUT2D eigenvalue weighted by Gasteiger charge is 2.30. The summed E-state index contributed by atoms with van der Waals surface area (Å²) in [5.41, 5.74) is 3.70. The number of aromatic nitrogens is 3. The third-order valence-corrected chi connectivity index (χ3v) is 4.88. The summed E-state index contributed by atoms with van der Waals surface area (Å²) < 4.78 is 1.25. The Bertz CT molecular complexity index is 1140. The largest absolute Gasteiger partial charge is 0.327 e. The first-order valence-electron chi connectivity index (χ1n) is 9.09. The Morgan fingerprint density at radius 2 is 1.75 bits per heavy atom. The first kappa shape index (κ1) is 18.0. The molecule has 3 heterocycles. The van der Waals surface area contributed by atoms with Crippen LogP contribution in [0.3, 0.4) is 0 Å². The van der Waals surface area contributed by atoms with Gasteiger partial charge >= 0.3 is 0 Å². The Kier molecular flexibility index (Phi) is 4.26. The van der Waals surface area contributed by atoms with Crippen molar-refractivity contribution >= 4 is 23.1 Å². The molecule has 1 saturated heterocycles. The number of carbonyl (C=O) groups is 2. The van der Waals surface area contributed by atoms with E-state index in [9.17, 15) is 14.4 Å². The molecular weight excluding hydrogens is 358 g/mol. The molecule has 4 rings (SSSR count). The maximum atomic E-state index is 12.9. The number of aryl methyl sites for hydroxylation is 3. The quantitative estimate of drug-likeness (QED) is 0.729. The molecule has 1 aromatic carbocycles. The molecule has 2 aromatic heterocycles. The van der Waals surface area contributed by atoms with Gasteiger partial charge in [-0.1, -0.05) is 6.07 Å². The molecule has 8 heteroatoms. The van der Waals surface area contributed by atoms with Crippen molar-refractivity contribution in [1.82, 2.24) is 19.5 Å². The number of hydrogen-bond acceptors (Lipinski definition) is 4. The van der Waals surface area contributed by atoms with Gasteiger partial charge in [-0.2, -0.15) is 0 Å². The number of rotatable bonds is 2. The summed E-state index contributed by atoms with van der Waals surface area (Å²) in [6.07, 6.45) is 1.29. The molecule has 144 valence electrons. The summed E-state index contributed by atoms with van der Waals surface area (Å²) in [7, 11) is 0. The number of carbonyl (C=O) groups excluding carboxylic acids is 2. The van der Waals surface area contributed by atoms with Gasteiger partial charge in [-0.15, -0.1) is 0 Å². The lowest BCUT2D eigenvalue weighted by Gasteiger charge is -2.34. The number of benzene rings is 1. The molecule has 2 amide bonds. The third kappa shape index (κ3) is 3.06. The topological polar surface area (TPSA) is 90.8 Å². The predicted molar refractivity (Wildman–Crippen MR) is 105 cm³/mol. The Balaban J connectivity index is 1.57. The smallest absolute Gasteiger partial charge is 0.285 e. The molecule has 0 aliphatic carbocycles. The van der Waals surface area contributed by atoms with Crippen LogP contribution in [0.2, 0.25) is 0 Å². The van der Waals surface area contributed by atoms with Crippen LogP contribution in [0.1, 0.15) is 27.2 Å². The highest BCUT2D eigenvalue weighted by Crippen LogP contribution is 2.21. The van der Waals surface area contributed by atoms with Crippen LogP contribution >= 0.6 is 0 Å². The fraction of sp³-hybridized carbons (Fsp3) is 0.300. The number of H-pyrrole nitrogens is 1. The molecule has 8 nitrogen and oxygen atoms in total. The lowest BCUT2D eigenvalue weighted by molar-refractivity contribution is -0.120. The first-order valence-corrected chi connectivity index (χ1v) is 9.09. The van der Waals surface area contributed by atoms with Crippen molar-refractivity contribution in [3.63, 3.8) is 0 Å². The molecule has 0 bridgehead atoms. The zero-order valence-electron chi connectivity index (χ0n) is 16.0. The Morgan fingerprint density at radius 3 is 2.43 bits per heavy atom. The van der Waals surface area contributed by atoms with E-state index in [0.717, 1.165) is 22.5 Å². The van der Waals surface area contributed by atoms with Crippen LogP contribution in [0.15, 0.2) is 35.3 Å².